The highest BCUT2D eigenvalue weighted by atomic mass is 32.1. The molecule has 0 aromatic carbocycles. The Kier molecular flexibility index (Phi) is 6.44. The van der Waals surface area contributed by atoms with Gasteiger partial charge >= 0.3 is 12.0 Å². The molecule has 0 bridgehead atoms. The Bertz CT molecular complexity index is 473. The topological polar surface area (TPSA) is 91.3 Å². The van der Waals surface area contributed by atoms with Gasteiger partial charge in [-0.1, -0.05) is 13.8 Å². The third kappa shape index (κ3) is 5.16. The van der Waals surface area contributed by atoms with E-state index in [1.807, 2.05) is 13.8 Å². The molecule has 1 rings (SSSR count). The number of rotatable bonds is 7. The summed E-state index contributed by atoms with van der Waals surface area (Å²) in [5.41, 5.74) is 1.00. The van der Waals surface area contributed by atoms with E-state index < -0.39 is 5.97 Å². The Balaban J connectivity index is 2.28. The molecule has 1 aromatic heterocycles. The van der Waals surface area contributed by atoms with Crippen LogP contribution in [0.25, 0.3) is 0 Å². The maximum absolute atomic E-state index is 11.6. The van der Waals surface area contributed by atoms with E-state index in [-0.39, 0.29) is 11.9 Å². The Labute approximate surface area is 122 Å². The molecule has 1 heterocycles. The first-order valence-corrected chi connectivity index (χ1v) is 7.49. The molecule has 2 amide bonds. The van der Waals surface area contributed by atoms with Crippen LogP contribution in [0.5, 0.6) is 0 Å². The molecule has 0 saturated heterocycles. The van der Waals surface area contributed by atoms with Crippen molar-refractivity contribution in [2.24, 2.45) is 5.92 Å². The molecular weight excluding hydrogens is 278 g/mol. The number of urea groups is 1. The zero-order valence-electron chi connectivity index (χ0n) is 12.0. The first-order valence-electron chi connectivity index (χ1n) is 6.68. The zero-order valence-corrected chi connectivity index (χ0v) is 12.8. The van der Waals surface area contributed by atoms with Gasteiger partial charge in [-0.2, -0.15) is 0 Å². The summed E-state index contributed by atoms with van der Waals surface area (Å²) in [6, 6.07) is -0.301. The molecule has 0 aliphatic carbocycles. The van der Waals surface area contributed by atoms with Crippen LogP contribution in [0.2, 0.25) is 0 Å². The molecule has 0 aliphatic heterocycles. The van der Waals surface area contributed by atoms with Crippen molar-refractivity contribution in [3.05, 3.63) is 10.6 Å². The number of aromatic nitrogens is 1. The van der Waals surface area contributed by atoms with E-state index in [1.54, 1.807) is 6.92 Å². The quantitative estimate of drug-likeness (QED) is 0.675. The molecule has 0 saturated carbocycles. The van der Waals surface area contributed by atoms with Crippen LogP contribution >= 0.6 is 11.3 Å². The van der Waals surface area contributed by atoms with E-state index in [0.29, 0.717) is 24.5 Å². The zero-order chi connectivity index (χ0) is 15.1. The number of amides is 2. The predicted molar refractivity (Wildman–Crippen MR) is 79.3 cm³/mol. The van der Waals surface area contributed by atoms with Crippen molar-refractivity contribution < 1.29 is 14.7 Å². The molecule has 20 heavy (non-hydrogen) atoms. The molecule has 3 N–H and O–H groups in total. The lowest BCUT2D eigenvalue weighted by Gasteiger charge is -2.07. The van der Waals surface area contributed by atoms with Gasteiger partial charge in [0.15, 0.2) is 5.13 Å². The molecule has 6 nitrogen and oxygen atoms in total. The lowest BCUT2D eigenvalue weighted by atomic mass is 10.1. The third-order valence-corrected chi connectivity index (χ3v) is 3.90. The van der Waals surface area contributed by atoms with Crippen molar-refractivity contribution in [1.29, 1.82) is 0 Å². The minimum absolute atomic E-state index is 0.301. The van der Waals surface area contributed by atoms with Crippen molar-refractivity contribution in [2.45, 2.75) is 40.0 Å². The second-order valence-electron chi connectivity index (χ2n) is 4.64. The minimum Gasteiger partial charge on any atom is -0.481 e. The highest BCUT2D eigenvalue weighted by Gasteiger charge is 2.11. The fourth-order valence-electron chi connectivity index (χ4n) is 1.68. The van der Waals surface area contributed by atoms with Crippen molar-refractivity contribution in [3.63, 3.8) is 0 Å². The number of aryl methyl sites for hydroxylation is 2. The second-order valence-corrected chi connectivity index (χ2v) is 5.84. The minimum atomic E-state index is -0.806. The molecule has 1 aromatic rings. The normalized spacial score (nSPS) is 11.9. The highest BCUT2D eigenvalue weighted by molar-refractivity contribution is 7.15. The number of carboxylic acids is 1. The standard InChI is InChI=1S/C13H21N3O3S/c1-4-10-9(3)20-13(15-10)16-12(19)14-7-5-6-8(2)11(17)18/h8H,4-7H2,1-3H3,(H,17,18)(H2,14,15,16,19). The van der Waals surface area contributed by atoms with Crippen LogP contribution in [-0.4, -0.2) is 28.6 Å². The lowest BCUT2D eigenvalue weighted by molar-refractivity contribution is -0.141. The van der Waals surface area contributed by atoms with Crippen molar-refractivity contribution in [1.82, 2.24) is 10.3 Å². The van der Waals surface area contributed by atoms with Gasteiger partial charge in [0.2, 0.25) is 0 Å². The first-order chi connectivity index (χ1) is 9.43. The fraction of sp³-hybridized carbons (Fsp3) is 0.615. The Hall–Kier alpha value is -1.63. The number of nitrogens with one attached hydrogen (secondary N) is 2. The Morgan fingerprint density at radius 1 is 1.45 bits per heavy atom. The summed E-state index contributed by atoms with van der Waals surface area (Å²) in [5, 5.41) is 14.7. The largest absolute Gasteiger partial charge is 0.481 e. The fourth-order valence-corrected chi connectivity index (χ4v) is 2.58. The molecule has 0 aliphatic rings. The molecule has 0 fully saturated rings. The van der Waals surface area contributed by atoms with Gasteiger partial charge in [0.05, 0.1) is 11.6 Å². The van der Waals surface area contributed by atoms with Gasteiger partial charge in [0, 0.05) is 11.4 Å². The number of carboxylic acid groups (broad SMARTS) is 1. The van der Waals surface area contributed by atoms with Crippen LogP contribution in [0.4, 0.5) is 9.93 Å². The van der Waals surface area contributed by atoms with E-state index in [4.69, 9.17) is 5.11 Å². The van der Waals surface area contributed by atoms with Gasteiger partial charge in [0.25, 0.3) is 0 Å². The van der Waals surface area contributed by atoms with E-state index in [9.17, 15) is 9.59 Å². The van der Waals surface area contributed by atoms with Crippen LogP contribution in [0, 0.1) is 12.8 Å². The monoisotopic (exact) mass is 299 g/mol. The third-order valence-electron chi connectivity index (χ3n) is 2.97. The molecular formula is C13H21N3O3S. The number of carbonyl (C=O) groups is 2. The number of carbonyl (C=O) groups excluding carboxylic acids is 1. The summed E-state index contributed by atoms with van der Waals surface area (Å²) in [4.78, 5) is 27.7. The highest BCUT2D eigenvalue weighted by Crippen LogP contribution is 2.22. The summed E-state index contributed by atoms with van der Waals surface area (Å²) >= 11 is 1.45. The molecule has 1 unspecified atom stereocenters. The van der Waals surface area contributed by atoms with Gasteiger partial charge in [-0.15, -0.1) is 11.3 Å². The summed E-state index contributed by atoms with van der Waals surface area (Å²) in [6.07, 6.45) is 2.03. The number of aliphatic carboxylic acids is 1. The number of anilines is 1. The van der Waals surface area contributed by atoms with Crippen LogP contribution in [0.15, 0.2) is 0 Å². The van der Waals surface area contributed by atoms with Crippen LogP contribution < -0.4 is 10.6 Å². The first kappa shape index (κ1) is 16.4. The van der Waals surface area contributed by atoms with Crippen LogP contribution in [-0.2, 0) is 11.2 Å². The molecule has 7 heteroatoms. The Morgan fingerprint density at radius 2 is 2.15 bits per heavy atom. The van der Waals surface area contributed by atoms with E-state index >= 15 is 0 Å². The van der Waals surface area contributed by atoms with Crippen molar-refractivity contribution in [2.75, 3.05) is 11.9 Å². The lowest BCUT2D eigenvalue weighted by Crippen LogP contribution is -2.29. The smallest absolute Gasteiger partial charge is 0.321 e. The van der Waals surface area contributed by atoms with Gasteiger partial charge in [-0.3, -0.25) is 10.1 Å². The van der Waals surface area contributed by atoms with Gasteiger partial charge in [-0.05, 0) is 26.2 Å². The maximum Gasteiger partial charge on any atom is 0.321 e. The number of nitrogens with zero attached hydrogens (tertiary/aromatic N) is 1. The van der Waals surface area contributed by atoms with Crippen molar-refractivity contribution >= 4 is 28.5 Å². The number of hydrogen-bond donors (Lipinski definition) is 3. The maximum atomic E-state index is 11.6. The van der Waals surface area contributed by atoms with Crippen LogP contribution in [0.1, 0.15) is 37.3 Å². The van der Waals surface area contributed by atoms with Gasteiger partial charge in [0.1, 0.15) is 0 Å². The van der Waals surface area contributed by atoms with E-state index in [0.717, 1.165) is 17.0 Å². The average Bonchev–Trinajstić information content (AvgIpc) is 2.74. The molecule has 0 radical (unpaired) electrons. The summed E-state index contributed by atoms with van der Waals surface area (Å²) in [7, 11) is 0. The van der Waals surface area contributed by atoms with Gasteiger partial charge in [-0.25, -0.2) is 9.78 Å². The van der Waals surface area contributed by atoms with E-state index in [1.165, 1.54) is 11.3 Å². The second kappa shape index (κ2) is 7.84. The Morgan fingerprint density at radius 3 is 2.70 bits per heavy atom. The molecule has 0 spiro atoms. The van der Waals surface area contributed by atoms with Crippen LogP contribution in [0.3, 0.4) is 0 Å². The van der Waals surface area contributed by atoms with Gasteiger partial charge < -0.3 is 10.4 Å². The summed E-state index contributed by atoms with van der Waals surface area (Å²) < 4.78 is 0. The predicted octanol–water partition coefficient (Wildman–Crippen LogP) is 2.64. The number of hydrogen-bond acceptors (Lipinski definition) is 4. The molecule has 1 atom stereocenters. The van der Waals surface area contributed by atoms with E-state index in [2.05, 4.69) is 15.6 Å². The molecule has 112 valence electrons. The SMILES string of the molecule is CCc1nc(NC(=O)NCCCC(C)C(=O)O)sc1C. The number of thiazole rings is 1. The summed E-state index contributed by atoms with van der Waals surface area (Å²) in [6.45, 7) is 6.11. The average molecular weight is 299 g/mol. The summed E-state index contributed by atoms with van der Waals surface area (Å²) in [5.74, 6) is -1.19. The van der Waals surface area contributed by atoms with Crippen molar-refractivity contribution in [3.8, 4) is 0 Å².